The van der Waals surface area contributed by atoms with Crippen molar-refractivity contribution in [2.75, 3.05) is 33.4 Å². The van der Waals surface area contributed by atoms with Gasteiger partial charge in [0.25, 0.3) is 0 Å². The molecule has 1 aromatic carbocycles. The maximum atomic E-state index is 12.2. The highest BCUT2D eigenvalue weighted by molar-refractivity contribution is 5.97. The van der Waals surface area contributed by atoms with Gasteiger partial charge < -0.3 is 14.4 Å². The van der Waals surface area contributed by atoms with Crippen molar-refractivity contribution >= 4 is 12.0 Å². The number of benzene rings is 1. The van der Waals surface area contributed by atoms with Crippen molar-refractivity contribution in [1.82, 2.24) is 4.90 Å². The molecule has 2 rings (SSSR count). The molecule has 0 aliphatic carbocycles. The molecule has 0 aromatic heterocycles. The molecule has 0 saturated carbocycles. The van der Waals surface area contributed by atoms with E-state index < -0.39 is 0 Å². The van der Waals surface area contributed by atoms with Crippen LogP contribution in [-0.2, 0) is 9.53 Å². The summed E-state index contributed by atoms with van der Waals surface area (Å²) in [7, 11) is 1.64. The number of rotatable bonds is 3. The SMILES string of the molecule is COc1ccc(C=C(C)C(=O)N2CCOCC2)cc1. The van der Waals surface area contributed by atoms with Crippen molar-refractivity contribution in [3.8, 4) is 5.75 Å². The first-order valence-electron chi connectivity index (χ1n) is 6.40. The smallest absolute Gasteiger partial charge is 0.249 e. The van der Waals surface area contributed by atoms with E-state index in [2.05, 4.69) is 0 Å². The van der Waals surface area contributed by atoms with E-state index in [0.29, 0.717) is 26.3 Å². The molecule has 0 unspecified atom stereocenters. The standard InChI is InChI=1S/C15H19NO3/c1-12(15(17)16-7-9-19-10-8-16)11-13-3-5-14(18-2)6-4-13/h3-6,11H,7-10H2,1-2H3. The van der Waals surface area contributed by atoms with Crippen molar-refractivity contribution in [2.24, 2.45) is 0 Å². The number of hydrogen-bond donors (Lipinski definition) is 0. The molecule has 19 heavy (non-hydrogen) atoms. The van der Waals surface area contributed by atoms with Crippen molar-refractivity contribution in [3.63, 3.8) is 0 Å². The van der Waals surface area contributed by atoms with E-state index in [1.54, 1.807) is 7.11 Å². The van der Waals surface area contributed by atoms with E-state index >= 15 is 0 Å². The fourth-order valence-corrected chi connectivity index (χ4v) is 2.03. The number of ether oxygens (including phenoxy) is 2. The summed E-state index contributed by atoms with van der Waals surface area (Å²) in [6.45, 7) is 4.45. The molecule has 1 aromatic rings. The zero-order valence-electron chi connectivity index (χ0n) is 11.4. The molecule has 0 N–H and O–H groups in total. The summed E-state index contributed by atoms with van der Waals surface area (Å²) in [5.41, 5.74) is 1.74. The third-order valence-corrected chi connectivity index (χ3v) is 3.13. The van der Waals surface area contributed by atoms with Gasteiger partial charge in [0, 0.05) is 18.7 Å². The van der Waals surface area contributed by atoms with Gasteiger partial charge in [-0.15, -0.1) is 0 Å². The number of hydrogen-bond acceptors (Lipinski definition) is 3. The van der Waals surface area contributed by atoms with E-state index in [0.717, 1.165) is 16.9 Å². The lowest BCUT2D eigenvalue weighted by Gasteiger charge is -2.27. The lowest BCUT2D eigenvalue weighted by atomic mass is 10.1. The van der Waals surface area contributed by atoms with Crippen LogP contribution in [0.3, 0.4) is 0 Å². The number of carbonyl (C=O) groups is 1. The number of nitrogens with zero attached hydrogens (tertiary/aromatic N) is 1. The Morgan fingerprint density at radius 1 is 1.26 bits per heavy atom. The van der Waals surface area contributed by atoms with Gasteiger partial charge in [0.05, 0.1) is 20.3 Å². The zero-order valence-corrected chi connectivity index (χ0v) is 11.4. The van der Waals surface area contributed by atoms with Crippen LogP contribution in [0.25, 0.3) is 6.08 Å². The Labute approximate surface area is 113 Å². The molecule has 4 nitrogen and oxygen atoms in total. The average molecular weight is 261 g/mol. The maximum absolute atomic E-state index is 12.2. The van der Waals surface area contributed by atoms with Crippen LogP contribution in [-0.4, -0.2) is 44.2 Å². The van der Waals surface area contributed by atoms with Crippen molar-refractivity contribution in [1.29, 1.82) is 0 Å². The van der Waals surface area contributed by atoms with Crippen molar-refractivity contribution < 1.29 is 14.3 Å². The largest absolute Gasteiger partial charge is 0.497 e. The van der Waals surface area contributed by atoms with E-state index in [4.69, 9.17) is 9.47 Å². The first-order chi connectivity index (χ1) is 9.20. The normalized spacial score (nSPS) is 16.3. The van der Waals surface area contributed by atoms with Crippen molar-refractivity contribution in [2.45, 2.75) is 6.92 Å². The fourth-order valence-electron chi connectivity index (χ4n) is 2.03. The Kier molecular flexibility index (Phi) is 4.58. The second kappa shape index (κ2) is 6.38. The number of methoxy groups -OCH3 is 1. The monoisotopic (exact) mass is 261 g/mol. The second-order valence-electron chi connectivity index (χ2n) is 4.51. The minimum Gasteiger partial charge on any atom is -0.497 e. The van der Waals surface area contributed by atoms with E-state index in [-0.39, 0.29) is 5.91 Å². The van der Waals surface area contributed by atoms with Gasteiger partial charge in [0.1, 0.15) is 5.75 Å². The van der Waals surface area contributed by atoms with Gasteiger partial charge in [-0.25, -0.2) is 0 Å². The third kappa shape index (κ3) is 3.58. The van der Waals surface area contributed by atoms with Crippen LogP contribution in [0, 0.1) is 0 Å². The van der Waals surface area contributed by atoms with Crippen LogP contribution in [0.4, 0.5) is 0 Å². The highest BCUT2D eigenvalue weighted by Crippen LogP contribution is 2.15. The van der Waals surface area contributed by atoms with Gasteiger partial charge >= 0.3 is 0 Å². The van der Waals surface area contributed by atoms with Crippen LogP contribution in [0.5, 0.6) is 5.75 Å². The van der Waals surface area contributed by atoms with Gasteiger partial charge in [-0.3, -0.25) is 4.79 Å². The Hall–Kier alpha value is -1.81. The molecule has 0 bridgehead atoms. The molecular weight excluding hydrogens is 242 g/mol. The summed E-state index contributed by atoms with van der Waals surface area (Å²) >= 11 is 0. The number of morpholine rings is 1. The van der Waals surface area contributed by atoms with E-state index in [1.807, 2.05) is 42.2 Å². The van der Waals surface area contributed by atoms with E-state index in [9.17, 15) is 4.79 Å². The van der Waals surface area contributed by atoms with Gasteiger partial charge in [-0.2, -0.15) is 0 Å². The highest BCUT2D eigenvalue weighted by atomic mass is 16.5. The Morgan fingerprint density at radius 3 is 2.47 bits per heavy atom. The van der Waals surface area contributed by atoms with Gasteiger partial charge in [0.2, 0.25) is 5.91 Å². The Morgan fingerprint density at radius 2 is 1.89 bits per heavy atom. The molecule has 0 radical (unpaired) electrons. The van der Waals surface area contributed by atoms with Crippen LogP contribution < -0.4 is 4.74 Å². The first kappa shape index (κ1) is 13.6. The molecule has 1 aliphatic heterocycles. The summed E-state index contributed by atoms with van der Waals surface area (Å²) in [6.07, 6.45) is 1.90. The number of carbonyl (C=O) groups excluding carboxylic acids is 1. The van der Waals surface area contributed by atoms with Gasteiger partial charge in [-0.05, 0) is 30.7 Å². The Bertz CT molecular complexity index is 459. The fraction of sp³-hybridized carbons (Fsp3) is 0.400. The molecule has 0 atom stereocenters. The minimum atomic E-state index is 0.0825. The third-order valence-electron chi connectivity index (χ3n) is 3.13. The van der Waals surface area contributed by atoms with Gasteiger partial charge in [0.15, 0.2) is 0 Å². The lowest BCUT2D eigenvalue weighted by Crippen LogP contribution is -2.41. The highest BCUT2D eigenvalue weighted by Gasteiger charge is 2.17. The van der Waals surface area contributed by atoms with Crippen molar-refractivity contribution in [3.05, 3.63) is 35.4 Å². The Balaban J connectivity index is 2.05. The molecule has 0 spiro atoms. The topological polar surface area (TPSA) is 38.8 Å². The summed E-state index contributed by atoms with van der Waals surface area (Å²) in [5, 5.41) is 0. The van der Waals surface area contributed by atoms with E-state index in [1.165, 1.54) is 0 Å². The molecule has 1 fully saturated rings. The maximum Gasteiger partial charge on any atom is 0.249 e. The summed E-state index contributed by atoms with van der Waals surface area (Å²) in [4.78, 5) is 14.0. The molecule has 1 amide bonds. The molecule has 1 heterocycles. The first-order valence-corrected chi connectivity index (χ1v) is 6.40. The second-order valence-corrected chi connectivity index (χ2v) is 4.51. The molecule has 102 valence electrons. The quantitative estimate of drug-likeness (QED) is 0.781. The number of amides is 1. The predicted molar refractivity (Wildman–Crippen MR) is 74.0 cm³/mol. The van der Waals surface area contributed by atoms with Gasteiger partial charge in [-0.1, -0.05) is 12.1 Å². The van der Waals surface area contributed by atoms with Crippen LogP contribution in [0.2, 0.25) is 0 Å². The molecule has 4 heteroatoms. The minimum absolute atomic E-state index is 0.0825. The molecule has 1 saturated heterocycles. The lowest BCUT2D eigenvalue weighted by molar-refractivity contribution is -0.130. The zero-order chi connectivity index (χ0) is 13.7. The van der Waals surface area contributed by atoms with Crippen LogP contribution >= 0.6 is 0 Å². The van der Waals surface area contributed by atoms with Crippen LogP contribution in [0.1, 0.15) is 12.5 Å². The molecular formula is C15H19NO3. The molecule has 1 aliphatic rings. The summed E-state index contributed by atoms with van der Waals surface area (Å²) < 4.78 is 10.4. The average Bonchev–Trinajstić information content (AvgIpc) is 2.48. The predicted octanol–water partition coefficient (Wildman–Crippen LogP) is 1.96. The summed E-state index contributed by atoms with van der Waals surface area (Å²) in [6, 6.07) is 7.65. The summed E-state index contributed by atoms with van der Waals surface area (Å²) in [5.74, 6) is 0.897. The van der Waals surface area contributed by atoms with Crippen LogP contribution in [0.15, 0.2) is 29.8 Å².